The molecule has 0 atom stereocenters. The Labute approximate surface area is 474 Å². The second-order valence-electron chi connectivity index (χ2n) is 20.5. The van der Waals surface area contributed by atoms with Crippen molar-refractivity contribution in [2.75, 3.05) is 0 Å². The van der Waals surface area contributed by atoms with Crippen molar-refractivity contribution in [1.29, 1.82) is 0 Å². The smallest absolute Gasteiger partial charge is 0.171 e. The summed E-state index contributed by atoms with van der Waals surface area (Å²) in [6, 6.07) is 104. The fourth-order valence-corrected chi connectivity index (χ4v) is 21.3. The Morgan fingerprint density at radius 2 is 0.642 bits per heavy atom. The minimum absolute atomic E-state index is 0.508. The number of aromatic nitrogens is 2. The highest BCUT2D eigenvalue weighted by Crippen LogP contribution is 2.67. The summed E-state index contributed by atoms with van der Waals surface area (Å²) in [6.07, 6.45) is 0. The number of para-hydroxylation sites is 1. The van der Waals surface area contributed by atoms with Crippen molar-refractivity contribution in [3.8, 4) is 22.5 Å². The summed E-state index contributed by atoms with van der Waals surface area (Å²) in [6.45, 7) is 0. The Kier molecular flexibility index (Phi) is 12.3. The van der Waals surface area contributed by atoms with Crippen LogP contribution in [0.2, 0.25) is 0 Å². The topological polar surface area (TPSA) is 67.4 Å². The van der Waals surface area contributed by atoms with Crippen LogP contribution in [0.15, 0.2) is 307 Å². The lowest BCUT2D eigenvalue weighted by molar-refractivity contribution is 0.490. The third-order valence-electron chi connectivity index (χ3n) is 15.9. The van der Waals surface area contributed by atoms with E-state index >= 15 is 4.57 Å². The Hall–Kier alpha value is -8.40. The SMILES string of the molecule is O=P(c1ccccc1)(c1ccccc1)c1ccc2c(c1)c1cc(P(c3ccccc3)c3ccccc3)ccc1n2-c1ccc2c(c1)-c1cc(-n3c4ccccc4c4cc(P(c5ccccc5)c5ccccc5)ccc43)ccc1S2(O)O. The van der Waals surface area contributed by atoms with Gasteiger partial charge in [-0.05, 0) is 133 Å². The molecular weight excluding hydrogens is 1070 g/mol. The molecule has 1 aliphatic rings. The van der Waals surface area contributed by atoms with Crippen LogP contribution in [0.25, 0.3) is 66.1 Å². The van der Waals surface area contributed by atoms with Crippen LogP contribution >= 0.6 is 33.6 Å². The molecule has 2 aromatic heterocycles. The van der Waals surface area contributed by atoms with Crippen molar-refractivity contribution in [2.45, 2.75) is 9.79 Å². The molecule has 0 spiro atoms. The molecule has 0 unspecified atom stereocenters. The maximum Gasteiger partial charge on any atom is 0.171 e. The van der Waals surface area contributed by atoms with Gasteiger partial charge in [0.1, 0.15) is 0 Å². The van der Waals surface area contributed by atoms with Gasteiger partial charge in [-0.1, -0.05) is 212 Å². The van der Waals surface area contributed by atoms with Gasteiger partial charge in [0.2, 0.25) is 0 Å². The highest BCUT2D eigenvalue weighted by atomic mass is 32.3. The van der Waals surface area contributed by atoms with E-state index in [0.29, 0.717) is 9.79 Å². The summed E-state index contributed by atoms with van der Waals surface area (Å²) in [4.78, 5) is 1.02. The van der Waals surface area contributed by atoms with E-state index in [9.17, 15) is 9.11 Å². The number of hydrogen-bond acceptors (Lipinski definition) is 3. The van der Waals surface area contributed by atoms with E-state index in [1.54, 1.807) is 0 Å². The molecule has 0 amide bonds. The molecule has 15 rings (SSSR count). The average Bonchev–Trinajstić information content (AvgIpc) is 4.28. The predicted molar refractivity (Wildman–Crippen MR) is 347 cm³/mol. The van der Waals surface area contributed by atoms with Gasteiger partial charge in [-0.3, -0.25) is 9.11 Å². The van der Waals surface area contributed by atoms with E-state index in [0.717, 1.165) is 82.0 Å². The minimum atomic E-state index is -3.36. The molecule has 0 aliphatic carbocycles. The number of fused-ring (bicyclic) bond motifs is 9. The van der Waals surface area contributed by atoms with Crippen molar-refractivity contribution < 1.29 is 13.7 Å². The largest absolute Gasteiger partial charge is 0.309 e. The number of hydrogen-bond donors (Lipinski definition) is 2. The van der Waals surface area contributed by atoms with Crippen LogP contribution in [0.5, 0.6) is 0 Å². The van der Waals surface area contributed by atoms with Gasteiger partial charge >= 0.3 is 0 Å². The molecule has 14 aromatic rings. The van der Waals surface area contributed by atoms with Crippen molar-refractivity contribution in [2.24, 2.45) is 0 Å². The molecule has 3 heterocycles. The summed E-state index contributed by atoms with van der Waals surface area (Å²) in [7, 11) is -8.50. The van der Waals surface area contributed by atoms with Gasteiger partial charge in [-0.15, -0.1) is 10.6 Å². The molecule has 0 saturated carbocycles. The molecule has 12 aromatic carbocycles. The molecule has 388 valence electrons. The second-order valence-corrected chi connectivity index (χ2v) is 29.7. The van der Waals surface area contributed by atoms with Gasteiger partial charge in [0.05, 0.1) is 31.9 Å². The third-order valence-corrected chi connectivity index (χ3v) is 25.8. The van der Waals surface area contributed by atoms with Crippen LogP contribution in [-0.4, -0.2) is 18.2 Å². The second kappa shape index (κ2) is 20.0. The summed E-state index contributed by atoms with van der Waals surface area (Å²) in [5.74, 6) is 0. The van der Waals surface area contributed by atoms with Crippen molar-refractivity contribution in [3.63, 3.8) is 0 Å². The van der Waals surface area contributed by atoms with Gasteiger partial charge in [0.25, 0.3) is 0 Å². The maximum absolute atomic E-state index is 16.1. The molecule has 2 N–H and O–H groups in total. The molecule has 0 fully saturated rings. The van der Waals surface area contributed by atoms with Crippen LogP contribution in [0, 0.1) is 0 Å². The van der Waals surface area contributed by atoms with E-state index in [-0.39, 0.29) is 0 Å². The van der Waals surface area contributed by atoms with Gasteiger partial charge in [-0.25, -0.2) is 0 Å². The number of benzene rings is 12. The van der Waals surface area contributed by atoms with Gasteiger partial charge < -0.3 is 13.7 Å². The highest BCUT2D eigenvalue weighted by molar-refractivity contribution is 8.24. The normalized spacial score (nSPS) is 13.3. The molecule has 0 saturated heterocycles. The summed E-state index contributed by atoms with van der Waals surface area (Å²) >= 11 is 0. The van der Waals surface area contributed by atoms with E-state index in [1.807, 2.05) is 91.0 Å². The molecule has 5 nitrogen and oxygen atoms in total. The first-order valence-corrected chi connectivity index (χ1v) is 33.0. The molecular formula is C72H51N2O3P3S. The highest BCUT2D eigenvalue weighted by Gasteiger charge is 2.36. The molecule has 0 bridgehead atoms. The fourth-order valence-electron chi connectivity index (χ4n) is 12.3. The molecule has 81 heavy (non-hydrogen) atoms. The number of nitrogens with zero attached hydrogens (tertiary/aromatic N) is 2. The van der Waals surface area contributed by atoms with Crippen LogP contribution in [-0.2, 0) is 4.57 Å². The Morgan fingerprint density at radius 1 is 0.296 bits per heavy atom. The number of rotatable bonds is 11. The molecule has 9 heteroatoms. The first-order chi connectivity index (χ1) is 39.8. The van der Waals surface area contributed by atoms with Crippen molar-refractivity contribution >= 4 is 125 Å². The standard InChI is InChI=1S/C72H51N2O3P3S/c75-80(58-29-15-5-16-30-58,59-31-17-6-18-32-59)60-39-42-70-64(49-60)63-48-57(79(54-25-11-3-12-26-54)55-27-13-4-14-28-55)38-41-69(63)74(70)51-36-44-72-66(46-51)65-45-50(35-43-71(65)81(72,76)77)73-67-34-20-19-33-61(67)62-47-56(37-40-68(62)73)78(52-21-7-1-8-22-52)53-23-9-2-10-24-53/h1-49,76-77H. The maximum atomic E-state index is 16.1. The predicted octanol–water partition coefficient (Wildman–Crippen LogP) is 15.2. The average molecular weight is 1120 g/mol. The van der Waals surface area contributed by atoms with E-state index in [2.05, 4.69) is 215 Å². The lowest BCUT2D eigenvalue weighted by Crippen LogP contribution is -2.24. The molecule has 1 aliphatic heterocycles. The van der Waals surface area contributed by atoms with E-state index in [4.69, 9.17) is 0 Å². The third kappa shape index (κ3) is 8.21. The fraction of sp³-hybridized carbons (Fsp3) is 0. The Bertz CT molecular complexity index is 4640. The van der Waals surface area contributed by atoms with Gasteiger partial charge in [0.15, 0.2) is 7.14 Å². The van der Waals surface area contributed by atoms with Gasteiger partial charge in [-0.2, -0.15) is 0 Å². The van der Waals surface area contributed by atoms with Crippen LogP contribution < -0.4 is 47.7 Å². The van der Waals surface area contributed by atoms with Crippen LogP contribution in [0.1, 0.15) is 0 Å². The zero-order valence-electron chi connectivity index (χ0n) is 43.7. The van der Waals surface area contributed by atoms with Crippen LogP contribution in [0.4, 0.5) is 0 Å². The Morgan fingerprint density at radius 3 is 1.07 bits per heavy atom. The van der Waals surface area contributed by atoms with Gasteiger partial charge in [0, 0.05) is 60.0 Å². The van der Waals surface area contributed by atoms with Crippen molar-refractivity contribution in [3.05, 3.63) is 297 Å². The Balaban J connectivity index is 0.914. The minimum Gasteiger partial charge on any atom is -0.309 e. The summed E-state index contributed by atoms with van der Waals surface area (Å²) in [5.41, 5.74) is 7.47. The zero-order valence-corrected chi connectivity index (χ0v) is 47.2. The zero-order chi connectivity index (χ0) is 54.2. The monoisotopic (exact) mass is 1120 g/mol. The lowest BCUT2D eigenvalue weighted by atomic mass is 10.0. The molecule has 0 radical (unpaired) electrons. The summed E-state index contributed by atoms with van der Waals surface area (Å²) in [5, 5.41) is 14.2. The first kappa shape index (κ1) is 49.6. The quantitative estimate of drug-likeness (QED) is 0.127. The summed E-state index contributed by atoms with van der Waals surface area (Å²) < 4.78 is 45.2. The van der Waals surface area contributed by atoms with Crippen LogP contribution in [0.3, 0.4) is 0 Å². The van der Waals surface area contributed by atoms with Crippen molar-refractivity contribution in [1.82, 2.24) is 9.13 Å². The first-order valence-electron chi connectivity index (χ1n) is 27.0. The van der Waals surface area contributed by atoms with E-state index < -0.39 is 33.6 Å². The van der Waals surface area contributed by atoms with E-state index in [1.165, 1.54) is 31.8 Å². The lowest BCUT2D eigenvalue weighted by Gasteiger charge is -2.29.